The van der Waals surface area contributed by atoms with Gasteiger partial charge in [0.1, 0.15) is 10.7 Å². The molecule has 0 aliphatic carbocycles. The molecule has 0 N–H and O–H groups in total. The third-order valence-electron chi connectivity index (χ3n) is 6.10. The first-order valence-electron chi connectivity index (χ1n) is 11.0. The minimum absolute atomic E-state index is 0.0152. The molecule has 2 aliphatic rings. The number of nitrogens with zero attached hydrogens (tertiary/aromatic N) is 3. The lowest BCUT2D eigenvalue weighted by atomic mass is 9.96. The van der Waals surface area contributed by atoms with E-state index in [0.717, 1.165) is 18.4 Å². The van der Waals surface area contributed by atoms with Crippen molar-refractivity contribution in [2.45, 2.75) is 43.2 Å². The number of pyridine rings is 1. The van der Waals surface area contributed by atoms with Crippen LogP contribution in [0, 0.1) is 11.7 Å². The second kappa shape index (κ2) is 10.1. The monoisotopic (exact) mass is 461 g/mol. The molecule has 7 nitrogen and oxygen atoms in total. The molecule has 4 rings (SSSR count). The number of carbonyl (C=O) groups is 1. The number of aromatic nitrogens is 1. The van der Waals surface area contributed by atoms with Crippen molar-refractivity contribution in [1.82, 2.24) is 14.2 Å². The van der Waals surface area contributed by atoms with E-state index in [1.807, 2.05) is 6.07 Å². The quantitative estimate of drug-likeness (QED) is 0.634. The fourth-order valence-electron chi connectivity index (χ4n) is 4.37. The van der Waals surface area contributed by atoms with Crippen LogP contribution in [0.4, 0.5) is 4.39 Å². The van der Waals surface area contributed by atoms with Gasteiger partial charge in [0, 0.05) is 51.1 Å². The Kier molecular flexibility index (Phi) is 7.17. The van der Waals surface area contributed by atoms with Gasteiger partial charge in [0.15, 0.2) is 0 Å². The van der Waals surface area contributed by atoms with Gasteiger partial charge in [0.2, 0.25) is 15.9 Å². The molecule has 2 fully saturated rings. The Bertz CT molecular complexity index is 1020. The minimum Gasteiger partial charge on any atom is -0.376 e. The highest BCUT2D eigenvalue weighted by atomic mass is 32.2. The number of carbonyl (C=O) groups excluding carboxylic acids is 1. The lowest BCUT2D eigenvalue weighted by molar-refractivity contribution is -0.139. The van der Waals surface area contributed by atoms with Crippen LogP contribution in [0.15, 0.2) is 53.7 Å². The average Bonchev–Trinajstić information content (AvgIpc) is 3.32. The van der Waals surface area contributed by atoms with Gasteiger partial charge in [-0.15, -0.1) is 0 Å². The first-order chi connectivity index (χ1) is 15.4. The maximum absolute atomic E-state index is 13.7. The number of benzene rings is 1. The summed E-state index contributed by atoms with van der Waals surface area (Å²) in [6.07, 6.45) is 5.62. The SMILES string of the molecule is O=C(C1CCN(S(=O)(=O)c2cccnc2)CC1)N(Cc1cccc(F)c1)CC1CCCO1. The number of amides is 1. The van der Waals surface area contributed by atoms with E-state index in [1.165, 1.54) is 34.9 Å². The van der Waals surface area contributed by atoms with Gasteiger partial charge in [-0.2, -0.15) is 4.31 Å². The standard InChI is InChI=1S/C23H28FN3O4S/c24-20-5-1-4-18(14-20)16-26(17-21-6-3-13-31-21)23(28)19-8-11-27(12-9-19)32(29,30)22-7-2-10-25-15-22/h1-2,4-5,7,10,14-15,19,21H,3,6,8-9,11-13,16-17H2. The summed E-state index contributed by atoms with van der Waals surface area (Å²) in [7, 11) is -3.62. The van der Waals surface area contributed by atoms with Crippen molar-refractivity contribution in [3.8, 4) is 0 Å². The van der Waals surface area contributed by atoms with Crippen molar-refractivity contribution >= 4 is 15.9 Å². The summed E-state index contributed by atoms with van der Waals surface area (Å²) in [5.74, 6) is -0.630. The summed E-state index contributed by atoms with van der Waals surface area (Å²) in [6.45, 7) is 2.02. The first kappa shape index (κ1) is 22.8. The Morgan fingerprint density at radius 1 is 1.19 bits per heavy atom. The molecule has 1 amide bonds. The van der Waals surface area contributed by atoms with Gasteiger partial charge >= 0.3 is 0 Å². The summed E-state index contributed by atoms with van der Waals surface area (Å²) in [5, 5.41) is 0. The van der Waals surface area contributed by atoms with Crippen LogP contribution in [0.1, 0.15) is 31.2 Å². The molecule has 2 saturated heterocycles. The van der Waals surface area contributed by atoms with E-state index in [1.54, 1.807) is 17.0 Å². The molecule has 1 atom stereocenters. The second-order valence-corrected chi connectivity index (χ2v) is 10.3. The molecule has 3 heterocycles. The van der Waals surface area contributed by atoms with Gasteiger partial charge in [-0.25, -0.2) is 12.8 Å². The molecular weight excluding hydrogens is 433 g/mol. The highest BCUT2D eigenvalue weighted by Gasteiger charge is 2.35. The number of sulfonamides is 1. The van der Waals surface area contributed by atoms with Gasteiger partial charge in [-0.05, 0) is 55.5 Å². The Balaban J connectivity index is 1.43. The molecule has 1 aromatic heterocycles. The number of hydrogen-bond donors (Lipinski definition) is 0. The van der Waals surface area contributed by atoms with E-state index in [2.05, 4.69) is 4.98 Å². The van der Waals surface area contributed by atoms with Gasteiger partial charge in [0.05, 0.1) is 6.10 Å². The Morgan fingerprint density at radius 2 is 2.00 bits per heavy atom. The number of ether oxygens (including phenoxy) is 1. The van der Waals surface area contributed by atoms with E-state index in [4.69, 9.17) is 4.74 Å². The lowest BCUT2D eigenvalue weighted by Gasteiger charge is -2.34. The van der Waals surface area contributed by atoms with Crippen LogP contribution < -0.4 is 0 Å². The Hall–Kier alpha value is -2.36. The number of hydrogen-bond acceptors (Lipinski definition) is 5. The zero-order valence-electron chi connectivity index (χ0n) is 17.9. The van der Waals surface area contributed by atoms with Crippen molar-refractivity contribution in [1.29, 1.82) is 0 Å². The predicted molar refractivity (Wildman–Crippen MR) is 117 cm³/mol. The molecule has 0 saturated carbocycles. The van der Waals surface area contributed by atoms with E-state index in [0.29, 0.717) is 32.5 Å². The molecule has 0 radical (unpaired) electrons. The fraction of sp³-hybridized carbons (Fsp3) is 0.478. The summed E-state index contributed by atoms with van der Waals surface area (Å²) >= 11 is 0. The average molecular weight is 462 g/mol. The van der Waals surface area contributed by atoms with Gasteiger partial charge in [-0.3, -0.25) is 9.78 Å². The van der Waals surface area contributed by atoms with Crippen molar-refractivity contribution in [2.75, 3.05) is 26.2 Å². The van der Waals surface area contributed by atoms with E-state index in [9.17, 15) is 17.6 Å². The first-order valence-corrected chi connectivity index (χ1v) is 12.4. The Labute approximate surface area is 188 Å². The second-order valence-electron chi connectivity index (χ2n) is 8.35. The van der Waals surface area contributed by atoms with E-state index in [-0.39, 0.29) is 41.7 Å². The Morgan fingerprint density at radius 3 is 2.66 bits per heavy atom. The molecule has 32 heavy (non-hydrogen) atoms. The van der Waals surface area contributed by atoms with Crippen molar-refractivity contribution in [3.63, 3.8) is 0 Å². The summed E-state index contributed by atoms with van der Waals surface area (Å²) in [5.41, 5.74) is 0.730. The third kappa shape index (κ3) is 5.33. The molecule has 9 heteroatoms. The van der Waals surface area contributed by atoms with E-state index >= 15 is 0 Å². The number of halogens is 1. The van der Waals surface area contributed by atoms with Gasteiger partial charge in [-0.1, -0.05) is 12.1 Å². The fourth-order valence-corrected chi connectivity index (χ4v) is 5.81. The van der Waals surface area contributed by atoms with Crippen molar-refractivity contribution < 1.29 is 22.3 Å². The van der Waals surface area contributed by atoms with E-state index < -0.39 is 10.0 Å². The van der Waals surface area contributed by atoms with Crippen LogP contribution in [-0.2, 0) is 26.1 Å². The summed E-state index contributed by atoms with van der Waals surface area (Å²) < 4.78 is 46.5. The predicted octanol–water partition coefficient (Wildman–Crippen LogP) is 2.83. The summed E-state index contributed by atoms with van der Waals surface area (Å²) in [6, 6.07) is 9.40. The highest BCUT2D eigenvalue weighted by Crippen LogP contribution is 2.26. The molecule has 0 bridgehead atoms. The zero-order valence-corrected chi connectivity index (χ0v) is 18.7. The van der Waals surface area contributed by atoms with Crippen molar-refractivity contribution in [3.05, 3.63) is 60.2 Å². The summed E-state index contributed by atoms with van der Waals surface area (Å²) in [4.78, 5) is 19.2. The zero-order chi connectivity index (χ0) is 22.6. The molecule has 1 aromatic carbocycles. The van der Waals surface area contributed by atoms with Crippen LogP contribution >= 0.6 is 0 Å². The van der Waals surface area contributed by atoms with Crippen LogP contribution in [0.5, 0.6) is 0 Å². The minimum atomic E-state index is -3.62. The largest absolute Gasteiger partial charge is 0.376 e. The topological polar surface area (TPSA) is 79.8 Å². The molecule has 2 aromatic rings. The number of rotatable bonds is 7. The number of piperidine rings is 1. The van der Waals surface area contributed by atoms with Crippen LogP contribution in [0.3, 0.4) is 0 Å². The van der Waals surface area contributed by atoms with Crippen molar-refractivity contribution in [2.24, 2.45) is 5.92 Å². The maximum Gasteiger partial charge on any atom is 0.244 e. The maximum atomic E-state index is 13.7. The van der Waals surface area contributed by atoms with Crippen LogP contribution in [0.25, 0.3) is 0 Å². The molecule has 2 aliphatic heterocycles. The molecule has 0 spiro atoms. The van der Waals surface area contributed by atoms with Gasteiger partial charge in [0.25, 0.3) is 0 Å². The van der Waals surface area contributed by atoms with Crippen LogP contribution in [-0.4, -0.2) is 60.9 Å². The lowest BCUT2D eigenvalue weighted by Crippen LogP contribution is -2.45. The normalized spacial score (nSPS) is 20.3. The smallest absolute Gasteiger partial charge is 0.244 e. The highest BCUT2D eigenvalue weighted by molar-refractivity contribution is 7.89. The van der Waals surface area contributed by atoms with Gasteiger partial charge < -0.3 is 9.64 Å². The van der Waals surface area contributed by atoms with Crippen LogP contribution in [0.2, 0.25) is 0 Å². The molecule has 172 valence electrons. The molecular formula is C23H28FN3O4S. The third-order valence-corrected chi connectivity index (χ3v) is 7.98. The molecule has 1 unspecified atom stereocenters.